The number of aliphatic carboxylic acids is 1. The van der Waals surface area contributed by atoms with Gasteiger partial charge in [0.1, 0.15) is 9.88 Å². The van der Waals surface area contributed by atoms with Crippen molar-refractivity contribution in [1.82, 2.24) is 9.88 Å². The first-order valence-corrected chi connectivity index (χ1v) is 8.22. The smallest absolute Gasteiger partial charge is 0.311 e. The molecule has 1 aliphatic rings. The molecule has 0 aromatic carbocycles. The molecule has 2 aromatic heterocycles. The summed E-state index contributed by atoms with van der Waals surface area (Å²) in [4.78, 5) is 31.2. The highest BCUT2D eigenvalue weighted by molar-refractivity contribution is 7.21. The third kappa shape index (κ3) is 2.58. The van der Waals surface area contributed by atoms with E-state index in [0.29, 0.717) is 17.8 Å². The van der Waals surface area contributed by atoms with Gasteiger partial charge in [0.2, 0.25) is 0 Å². The molecule has 5 nitrogen and oxygen atoms in total. The third-order valence-electron chi connectivity index (χ3n) is 3.73. The second kappa shape index (κ2) is 5.23. The van der Waals surface area contributed by atoms with Crippen molar-refractivity contribution in [2.24, 2.45) is 5.41 Å². The lowest BCUT2D eigenvalue weighted by atomic mass is 9.90. The number of hydrogen-bond donors (Lipinski definition) is 1. The van der Waals surface area contributed by atoms with E-state index >= 15 is 0 Å². The average Bonchev–Trinajstić information content (AvgIpc) is 3.18. The van der Waals surface area contributed by atoms with Crippen molar-refractivity contribution in [2.45, 2.75) is 13.3 Å². The average molecular weight is 322 g/mol. The van der Waals surface area contributed by atoms with Crippen LogP contribution in [-0.2, 0) is 4.79 Å². The van der Waals surface area contributed by atoms with E-state index in [1.807, 2.05) is 17.5 Å². The molecule has 1 aliphatic heterocycles. The highest BCUT2D eigenvalue weighted by Crippen LogP contribution is 2.33. The minimum atomic E-state index is -0.846. The Kier molecular flexibility index (Phi) is 3.54. The van der Waals surface area contributed by atoms with E-state index in [-0.39, 0.29) is 12.5 Å². The number of rotatable bonds is 3. The quantitative estimate of drug-likeness (QED) is 0.943. The molecule has 0 spiro atoms. The van der Waals surface area contributed by atoms with Crippen LogP contribution in [0.1, 0.15) is 23.0 Å². The van der Waals surface area contributed by atoms with Gasteiger partial charge in [-0.1, -0.05) is 6.07 Å². The number of thiazole rings is 1. The molecule has 1 saturated heterocycles. The summed E-state index contributed by atoms with van der Waals surface area (Å²) in [6, 6.07) is 3.91. The first kappa shape index (κ1) is 14.2. The number of carboxylic acids is 1. The van der Waals surface area contributed by atoms with E-state index in [9.17, 15) is 14.7 Å². The maximum Gasteiger partial charge on any atom is 0.311 e. The van der Waals surface area contributed by atoms with Gasteiger partial charge < -0.3 is 10.0 Å². The first-order chi connectivity index (χ1) is 9.99. The van der Waals surface area contributed by atoms with Gasteiger partial charge in [-0.25, -0.2) is 4.98 Å². The fourth-order valence-corrected chi connectivity index (χ4v) is 4.04. The number of carboxylic acid groups (broad SMARTS) is 1. The number of carbonyl (C=O) groups is 2. The van der Waals surface area contributed by atoms with Crippen LogP contribution in [0.4, 0.5) is 0 Å². The lowest BCUT2D eigenvalue weighted by Crippen LogP contribution is -2.34. The number of nitrogens with zero attached hydrogens (tertiary/aromatic N) is 2. The summed E-state index contributed by atoms with van der Waals surface area (Å²) in [6.45, 7) is 2.42. The monoisotopic (exact) mass is 322 g/mol. The third-order valence-corrected chi connectivity index (χ3v) is 5.75. The fraction of sp³-hybridized carbons (Fsp3) is 0.357. The Balaban J connectivity index is 1.76. The summed E-state index contributed by atoms with van der Waals surface area (Å²) in [5, 5.41) is 12.0. The Bertz CT molecular complexity index is 680. The molecule has 0 saturated carbocycles. The molecule has 0 unspecified atom stereocenters. The Morgan fingerprint density at radius 3 is 2.90 bits per heavy atom. The van der Waals surface area contributed by atoms with Crippen LogP contribution in [0.25, 0.3) is 9.88 Å². The summed E-state index contributed by atoms with van der Waals surface area (Å²) in [7, 11) is 0. The van der Waals surface area contributed by atoms with Crippen LogP contribution in [0.2, 0.25) is 0 Å². The van der Waals surface area contributed by atoms with Gasteiger partial charge in [0.05, 0.1) is 16.5 Å². The van der Waals surface area contributed by atoms with E-state index < -0.39 is 11.4 Å². The summed E-state index contributed by atoms with van der Waals surface area (Å²) >= 11 is 2.94. The van der Waals surface area contributed by atoms with E-state index in [1.54, 1.807) is 29.4 Å². The molecule has 1 fully saturated rings. The van der Waals surface area contributed by atoms with Crippen molar-refractivity contribution in [3.8, 4) is 9.88 Å². The molecule has 110 valence electrons. The van der Waals surface area contributed by atoms with E-state index in [4.69, 9.17) is 0 Å². The van der Waals surface area contributed by atoms with Gasteiger partial charge in [-0.15, -0.1) is 22.7 Å². The zero-order valence-corrected chi connectivity index (χ0v) is 13.0. The number of aromatic nitrogens is 1. The van der Waals surface area contributed by atoms with Crippen molar-refractivity contribution < 1.29 is 14.7 Å². The van der Waals surface area contributed by atoms with Crippen LogP contribution in [0.3, 0.4) is 0 Å². The van der Waals surface area contributed by atoms with E-state index in [0.717, 1.165) is 9.88 Å². The molecular formula is C14H14N2O3S2. The second-order valence-corrected chi connectivity index (χ2v) is 7.33. The van der Waals surface area contributed by atoms with Gasteiger partial charge in [0.25, 0.3) is 5.91 Å². The SMILES string of the molecule is C[C@]1(C(=O)O)CCN(C(=O)c2cnc(-c3cccs3)s2)C1. The van der Waals surface area contributed by atoms with Gasteiger partial charge >= 0.3 is 5.97 Å². The minimum absolute atomic E-state index is 0.125. The molecule has 0 aliphatic carbocycles. The number of likely N-dealkylation sites (tertiary alicyclic amines) is 1. The zero-order valence-electron chi connectivity index (χ0n) is 11.4. The van der Waals surface area contributed by atoms with Crippen LogP contribution in [0.5, 0.6) is 0 Å². The van der Waals surface area contributed by atoms with Gasteiger partial charge in [-0.05, 0) is 24.8 Å². The lowest BCUT2D eigenvalue weighted by Gasteiger charge is -2.19. The predicted octanol–water partition coefficient (Wildman–Crippen LogP) is 2.81. The van der Waals surface area contributed by atoms with Crippen molar-refractivity contribution in [1.29, 1.82) is 0 Å². The largest absolute Gasteiger partial charge is 0.481 e. The molecule has 21 heavy (non-hydrogen) atoms. The van der Waals surface area contributed by atoms with Crippen LogP contribution in [0.15, 0.2) is 23.7 Å². The molecule has 1 N–H and O–H groups in total. The zero-order chi connectivity index (χ0) is 15.0. The van der Waals surface area contributed by atoms with Crippen LogP contribution in [0, 0.1) is 5.41 Å². The number of hydrogen-bond acceptors (Lipinski definition) is 5. The maximum absolute atomic E-state index is 12.4. The predicted molar refractivity (Wildman–Crippen MR) is 81.7 cm³/mol. The van der Waals surface area contributed by atoms with Crippen molar-refractivity contribution >= 4 is 34.6 Å². The molecule has 0 bridgehead atoms. The van der Waals surface area contributed by atoms with Crippen LogP contribution < -0.4 is 0 Å². The minimum Gasteiger partial charge on any atom is -0.481 e. The lowest BCUT2D eigenvalue weighted by molar-refractivity contribution is -0.147. The Hall–Kier alpha value is -1.73. The summed E-state index contributed by atoms with van der Waals surface area (Å²) in [5.74, 6) is -0.971. The number of thiophene rings is 1. The Morgan fingerprint density at radius 2 is 2.29 bits per heavy atom. The number of carbonyl (C=O) groups excluding carboxylic acids is 1. The van der Waals surface area contributed by atoms with Crippen LogP contribution >= 0.6 is 22.7 Å². The van der Waals surface area contributed by atoms with Crippen molar-refractivity contribution in [3.05, 3.63) is 28.6 Å². The van der Waals surface area contributed by atoms with Gasteiger partial charge in [-0.2, -0.15) is 0 Å². The Morgan fingerprint density at radius 1 is 1.48 bits per heavy atom. The molecule has 0 radical (unpaired) electrons. The normalized spacial score (nSPS) is 21.7. The van der Waals surface area contributed by atoms with Gasteiger partial charge in [-0.3, -0.25) is 9.59 Å². The standard InChI is InChI=1S/C14H14N2O3S2/c1-14(13(18)19)4-5-16(8-14)12(17)10-7-15-11(21-10)9-3-2-6-20-9/h2-3,6-7H,4-5,8H2,1H3,(H,18,19)/t14-/m0/s1. The van der Waals surface area contributed by atoms with Crippen molar-refractivity contribution in [2.75, 3.05) is 13.1 Å². The topological polar surface area (TPSA) is 70.5 Å². The van der Waals surface area contributed by atoms with E-state index in [1.165, 1.54) is 11.3 Å². The molecule has 7 heteroatoms. The van der Waals surface area contributed by atoms with E-state index in [2.05, 4.69) is 4.98 Å². The highest BCUT2D eigenvalue weighted by atomic mass is 32.1. The summed E-state index contributed by atoms with van der Waals surface area (Å²) in [6.07, 6.45) is 2.07. The van der Waals surface area contributed by atoms with Gasteiger partial charge in [0.15, 0.2) is 0 Å². The Labute approximate surface area is 129 Å². The van der Waals surface area contributed by atoms with Gasteiger partial charge in [0, 0.05) is 13.1 Å². The van der Waals surface area contributed by atoms with Crippen molar-refractivity contribution in [3.63, 3.8) is 0 Å². The summed E-state index contributed by atoms with van der Waals surface area (Å²) in [5.41, 5.74) is -0.836. The molecule has 1 amide bonds. The molecule has 1 atom stereocenters. The fourth-order valence-electron chi connectivity index (χ4n) is 2.35. The van der Waals surface area contributed by atoms with Crippen LogP contribution in [-0.4, -0.2) is 40.0 Å². The summed E-state index contributed by atoms with van der Waals surface area (Å²) < 4.78 is 0. The first-order valence-electron chi connectivity index (χ1n) is 6.52. The molecule has 3 heterocycles. The maximum atomic E-state index is 12.4. The molecule has 2 aromatic rings. The second-order valence-electron chi connectivity index (χ2n) is 5.35. The molecule has 3 rings (SSSR count). The molecular weight excluding hydrogens is 308 g/mol. The highest BCUT2D eigenvalue weighted by Gasteiger charge is 2.42. The number of amides is 1.